The maximum absolute atomic E-state index is 11.9. The van der Waals surface area contributed by atoms with E-state index in [0.29, 0.717) is 24.1 Å². The maximum Gasteiger partial charge on any atom is 0.224 e. The van der Waals surface area contributed by atoms with Gasteiger partial charge in [0, 0.05) is 17.0 Å². The zero-order valence-corrected chi connectivity index (χ0v) is 12.3. The number of thiazole rings is 1. The zero-order valence-electron chi connectivity index (χ0n) is 11.4. The Hall–Kier alpha value is -2.19. The summed E-state index contributed by atoms with van der Waals surface area (Å²) < 4.78 is 0. The molecule has 1 amide bonds. The van der Waals surface area contributed by atoms with Crippen LogP contribution in [-0.2, 0) is 11.2 Å². The van der Waals surface area contributed by atoms with Crippen LogP contribution in [0.15, 0.2) is 24.3 Å². The van der Waals surface area contributed by atoms with Gasteiger partial charge in [0.1, 0.15) is 0 Å². The number of anilines is 1. The molecule has 0 fully saturated rings. The van der Waals surface area contributed by atoms with E-state index in [1.807, 2.05) is 19.9 Å². The molecular weight excluding hydrogens is 270 g/mol. The molecule has 1 aromatic carbocycles. The zero-order chi connectivity index (χ0) is 14.5. The normalized spacial score (nSPS) is 10.1. The molecule has 0 aliphatic carbocycles. The van der Waals surface area contributed by atoms with Crippen molar-refractivity contribution >= 4 is 22.9 Å². The van der Waals surface area contributed by atoms with Gasteiger partial charge in [-0.25, -0.2) is 4.98 Å². The van der Waals surface area contributed by atoms with Gasteiger partial charge in [0.15, 0.2) is 0 Å². The van der Waals surface area contributed by atoms with Crippen LogP contribution in [0, 0.1) is 25.2 Å². The Bertz CT molecular complexity index is 653. The number of nitrogens with zero attached hydrogens (tertiary/aromatic N) is 2. The fraction of sp³-hybridized carbons (Fsp3) is 0.267. The van der Waals surface area contributed by atoms with Gasteiger partial charge in [-0.1, -0.05) is 0 Å². The highest BCUT2D eigenvalue weighted by atomic mass is 32.1. The molecule has 0 saturated heterocycles. The highest BCUT2D eigenvalue weighted by Crippen LogP contribution is 2.19. The number of rotatable bonds is 4. The fourth-order valence-corrected chi connectivity index (χ4v) is 2.82. The molecule has 1 heterocycles. The van der Waals surface area contributed by atoms with Crippen molar-refractivity contribution < 1.29 is 4.79 Å². The van der Waals surface area contributed by atoms with Crippen LogP contribution in [0.4, 0.5) is 5.69 Å². The standard InChI is InChI=1S/C15H15N3OS/c1-10-14(20-11(2)17-10)7-8-15(19)18-13-5-3-12(9-16)4-6-13/h3-6H,7-8H2,1-2H3,(H,18,19). The van der Waals surface area contributed by atoms with E-state index in [0.717, 1.165) is 15.6 Å². The van der Waals surface area contributed by atoms with E-state index in [1.165, 1.54) is 0 Å². The molecule has 20 heavy (non-hydrogen) atoms. The van der Waals surface area contributed by atoms with Crippen LogP contribution < -0.4 is 5.32 Å². The minimum Gasteiger partial charge on any atom is -0.326 e. The summed E-state index contributed by atoms with van der Waals surface area (Å²) in [6, 6.07) is 8.89. The van der Waals surface area contributed by atoms with Crippen molar-refractivity contribution in [2.24, 2.45) is 0 Å². The third-order valence-electron chi connectivity index (χ3n) is 2.88. The Labute approximate surface area is 122 Å². The summed E-state index contributed by atoms with van der Waals surface area (Å²) in [5.74, 6) is -0.0276. The van der Waals surface area contributed by atoms with Crippen LogP contribution >= 0.6 is 11.3 Å². The molecule has 1 N–H and O–H groups in total. The molecule has 0 radical (unpaired) electrons. The largest absolute Gasteiger partial charge is 0.326 e. The third-order valence-corrected chi connectivity index (χ3v) is 4.01. The number of benzene rings is 1. The summed E-state index contributed by atoms with van der Waals surface area (Å²) >= 11 is 1.64. The third kappa shape index (κ3) is 3.65. The van der Waals surface area contributed by atoms with Crippen LogP contribution in [0.2, 0.25) is 0 Å². The Balaban J connectivity index is 1.89. The van der Waals surface area contributed by atoms with Gasteiger partial charge in [-0.2, -0.15) is 5.26 Å². The quantitative estimate of drug-likeness (QED) is 0.938. The summed E-state index contributed by atoms with van der Waals surface area (Å²) in [4.78, 5) is 17.4. The van der Waals surface area contributed by atoms with Crippen molar-refractivity contribution in [3.63, 3.8) is 0 Å². The van der Waals surface area contributed by atoms with Crippen molar-refractivity contribution in [3.8, 4) is 6.07 Å². The highest BCUT2D eigenvalue weighted by Gasteiger charge is 2.08. The lowest BCUT2D eigenvalue weighted by Gasteiger charge is -2.04. The lowest BCUT2D eigenvalue weighted by molar-refractivity contribution is -0.116. The van der Waals surface area contributed by atoms with Gasteiger partial charge >= 0.3 is 0 Å². The van der Waals surface area contributed by atoms with E-state index >= 15 is 0 Å². The minimum absolute atomic E-state index is 0.0276. The molecule has 2 rings (SSSR count). The Kier molecular flexibility index (Phi) is 4.49. The second-order valence-corrected chi connectivity index (χ2v) is 5.77. The van der Waals surface area contributed by atoms with Gasteiger partial charge in [0.25, 0.3) is 0 Å². The number of nitriles is 1. The van der Waals surface area contributed by atoms with Crippen molar-refractivity contribution in [2.45, 2.75) is 26.7 Å². The molecule has 0 atom stereocenters. The number of nitrogens with one attached hydrogen (secondary N) is 1. The van der Waals surface area contributed by atoms with Gasteiger partial charge in [-0.15, -0.1) is 11.3 Å². The SMILES string of the molecule is Cc1nc(C)c(CCC(=O)Nc2ccc(C#N)cc2)s1. The van der Waals surface area contributed by atoms with Crippen molar-refractivity contribution in [1.29, 1.82) is 5.26 Å². The summed E-state index contributed by atoms with van der Waals surface area (Å²) in [5, 5.41) is 12.6. The van der Waals surface area contributed by atoms with E-state index in [2.05, 4.69) is 10.3 Å². The minimum atomic E-state index is -0.0276. The predicted molar refractivity (Wildman–Crippen MR) is 79.7 cm³/mol. The van der Waals surface area contributed by atoms with Gasteiger partial charge in [0.2, 0.25) is 5.91 Å². The molecule has 4 nitrogen and oxygen atoms in total. The van der Waals surface area contributed by atoms with Crippen LogP contribution in [0.1, 0.15) is 27.6 Å². The summed E-state index contributed by atoms with van der Waals surface area (Å²) in [5.41, 5.74) is 2.31. The van der Waals surface area contributed by atoms with Crippen LogP contribution in [-0.4, -0.2) is 10.9 Å². The van der Waals surface area contributed by atoms with Crippen molar-refractivity contribution in [2.75, 3.05) is 5.32 Å². The smallest absolute Gasteiger partial charge is 0.224 e. The van der Waals surface area contributed by atoms with E-state index in [-0.39, 0.29) is 5.91 Å². The summed E-state index contributed by atoms with van der Waals surface area (Å²) in [6.07, 6.45) is 1.14. The molecular formula is C15H15N3OS. The average Bonchev–Trinajstić information content (AvgIpc) is 2.75. The van der Waals surface area contributed by atoms with E-state index in [9.17, 15) is 4.79 Å². The first-order valence-corrected chi connectivity index (χ1v) is 7.13. The Morgan fingerprint density at radius 3 is 2.60 bits per heavy atom. The van der Waals surface area contributed by atoms with Crippen LogP contribution in [0.25, 0.3) is 0 Å². The number of carbonyl (C=O) groups is 1. The molecule has 1 aromatic heterocycles. The van der Waals surface area contributed by atoms with Gasteiger partial charge < -0.3 is 5.32 Å². The van der Waals surface area contributed by atoms with E-state index in [4.69, 9.17) is 5.26 Å². The number of amides is 1. The van der Waals surface area contributed by atoms with Gasteiger partial charge in [-0.3, -0.25) is 4.79 Å². The maximum atomic E-state index is 11.9. The average molecular weight is 285 g/mol. The first-order valence-electron chi connectivity index (χ1n) is 6.31. The van der Waals surface area contributed by atoms with E-state index < -0.39 is 0 Å². The Morgan fingerprint density at radius 2 is 2.05 bits per heavy atom. The lowest BCUT2D eigenvalue weighted by Crippen LogP contribution is -2.12. The monoisotopic (exact) mass is 285 g/mol. The topological polar surface area (TPSA) is 65.8 Å². The van der Waals surface area contributed by atoms with Gasteiger partial charge in [-0.05, 0) is 44.5 Å². The fourth-order valence-electron chi connectivity index (χ4n) is 1.88. The number of hydrogen-bond acceptors (Lipinski definition) is 4. The van der Waals surface area contributed by atoms with E-state index in [1.54, 1.807) is 35.6 Å². The molecule has 102 valence electrons. The Morgan fingerprint density at radius 1 is 1.35 bits per heavy atom. The number of hydrogen-bond donors (Lipinski definition) is 1. The lowest BCUT2D eigenvalue weighted by atomic mass is 10.2. The molecule has 0 bridgehead atoms. The first kappa shape index (κ1) is 14.2. The van der Waals surface area contributed by atoms with Crippen molar-refractivity contribution in [3.05, 3.63) is 45.4 Å². The summed E-state index contributed by atoms with van der Waals surface area (Å²) in [7, 11) is 0. The molecule has 2 aromatic rings. The first-order chi connectivity index (χ1) is 9.58. The molecule has 0 aliphatic rings. The second-order valence-electron chi connectivity index (χ2n) is 4.48. The highest BCUT2D eigenvalue weighted by molar-refractivity contribution is 7.11. The number of aromatic nitrogens is 1. The second kappa shape index (κ2) is 6.31. The number of carbonyl (C=O) groups excluding carboxylic acids is 1. The predicted octanol–water partition coefficient (Wildman–Crippen LogP) is 3.20. The molecule has 5 heteroatoms. The molecule has 0 saturated carbocycles. The molecule has 0 unspecified atom stereocenters. The number of aryl methyl sites for hydroxylation is 3. The van der Waals surface area contributed by atoms with Gasteiger partial charge in [0.05, 0.1) is 22.3 Å². The molecule has 0 aliphatic heterocycles. The van der Waals surface area contributed by atoms with Crippen molar-refractivity contribution in [1.82, 2.24) is 4.98 Å². The van der Waals surface area contributed by atoms with Crippen LogP contribution in [0.5, 0.6) is 0 Å². The summed E-state index contributed by atoms with van der Waals surface area (Å²) in [6.45, 7) is 3.94. The van der Waals surface area contributed by atoms with Crippen LogP contribution in [0.3, 0.4) is 0 Å². The molecule has 0 spiro atoms.